The molecule has 0 N–H and O–H groups in total. The van der Waals surface area contributed by atoms with Crippen LogP contribution in [0.25, 0.3) is 15.5 Å². The van der Waals surface area contributed by atoms with Gasteiger partial charge in [0.15, 0.2) is 5.82 Å². The Balaban J connectivity index is 1.74. The number of benzene rings is 2. The number of rotatable bonds is 3. The highest BCUT2D eigenvalue weighted by atomic mass is 32.1. The maximum atomic E-state index is 13.8. The minimum absolute atomic E-state index is 0.238. The molecule has 4 nitrogen and oxygen atoms in total. The Morgan fingerprint density at radius 2 is 1.73 bits per heavy atom. The van der Waals surface area contributed by atoms with Crippen molar-refractivity contribution in [3.63, 3.8) is 0 Å². The fourth-order valence-electron chi connectivity index (χ4n) is 2.28. The number of halogens is 1. The third kappa shape index (κ3) is 2.27. The zero-order valence-corrected chi connectivity index (χ0v) is 12.3. The lowest BCUT2D eigenvalue weighted by atomic mass is 10.1. The van der Waals surface area contributed by atoms with Gasteiger partial charge in [0.2, 0.25) is 4.96 Å². The van der Waals surface area contributed by atoms with Crippen molar-refractivity contribution >= 4 is 16.3 Å². The van der Waals surface area contributed by atoms with Crippen LogP contribution in [0.5, 0.6) is 0 Å². The van der Waals surface area contributed by atoms with Crippen molar-refractivity contribution in [1.29, 1.82) is 0 Å². The number of aromatic nitrogens is 4. The SMILES string of the molecule is Fc1ccccc1Cc1nnc2sc(-c3ccccc3)nn12. The van der Waals surface area contributed by atoms with Gasteiger partial charge in [0.25, 0.3) is 0 Å². The summed E-state index contributed by atoms with van der Waals surface area (Å²) in [5.41, 5.74) is 1.63. The van der Waals surface area contributed by atoms with Crippen LogP contribution in [0.3, 0.4) is 0 Å². The van der Waals surface area contributed by atoms with Gasteiger partial charge in [-0.25, -0.2) is 4.39 Å². The van der Waals surface area contributed by atoms with E-state index in [1.165, 1.54) is 17.4 Å². The molecular weight excluding hydrogens is 299 g/mol. The fraction of sp³-hybridized carbons (Fsp3) is 0.0625. The van der Waals surface area contributed by atoms with Crippen molar-refractivity contribution in [2.45, 2.75) is 6.42 Å². The topological polar surface area (TPSA) is 43.1 Å². The number of hydrogen-bond donors (Lipinski definition) is 0. The molecule has 0 spiro atoms. The number of hydrogen-bond acceptors (Lipinski definition) is 4. The standard InChI is InChI=1S/C16H11FN4S/c17-13-9-5-4-8-12(13)10-14-18-19-16-21(14)20-15(22-16)11-6-2-1-3-7-11/h1-9H,10H2. The highest BCUT2D eigenvalue weighted by molar-refractivity contribution is 7.19. The molecule has 2 heterocycles. The van der Waals surface area contributed by atoms with Crippen LogP contribution in [0.1, 0.15) is 11.4 Å². The van der Waals surface area contributed by atoms with E-state index in [1.54, 1.807) is 16.6 Å². The van der Waals surface area contributed by atoms with Gasteiger partial charge in [-0.1, -0.05) is 59.9 Å². The van der Waals surface area contributed by atoms with Gasteiger partial charge in [-0.2, -0.15) is 9.61 Å². The summed E-state index contributed by atoms with van der Waals surface area (Å²) >= 11 is 1.47. The molecule has 0 saturated carbocycles. The van der Waals surface area contributed by atoms with Crippen LogP contribution in [0.4, 0.5) is 4.39 Å². The molecular formula is C16H11FN4S. The van der Waals surface area contributed by atoms with Crippen molar-refractivity contribution in [3.8, 4) is 10.6 Å². The van der Waals surface area contributed by atoms with Gasteiger partial charge in [-0.3, -0.25) is 0 Å². The summed E-state index contributed by atoms with van der Waals surface area (Å²) in [6, 6.07) is 16.6. The van der Waals surface area contributed by atoms with Crippen LogP contribution in [0, 0.1) is 5.82 Å². The third-order valence-corrected chi connectivity index (χ3v) is 4.33. The van der Waals surface area contributed by atoms with E-state index in [1.807, 2.05) is 36.4 Å². The summed E-state index contributed by atoms with van der Waals surface area (Å²) in [5.74, 6) is 0.399. The second-order valence-corrected chi connectivity index (χ2v) is 5.81. The predicted molar refractivity (Wildman–Crippen MR) is 83.3 cm³/mol. The van der Waals surface area contributed by atoms with E-state index >= 15 is 0 Å². The van der Waals surface area contributed by atoms with Gasteiger partial charge in [0.1, 0.15) is 10.8 Å². The van der Waals surface area contributed by atoms with Gasteiger partial charge in [0.05, 0.1) is 0 Å². The molecule has 108 valence electrons. The van der Waals surface area contributed by atoms with E-state index < -0.39 is 0 Å². The van der Waals surface area contributed by atoms with Crippen molar-refractivity contribution < 1.29 is 4.39 Å². The summed E-state index contributed by atoms with van der Waals surface area (Å²) < 4.78 is 15.5. The zero-order chi connectivity index (χ0) is 14.9. The molecule has 0 aliphatic heterocycles. The lowest BCUT2D eigenvalue weighted by Crippen LogP contribution is -1.99. The average molecular weight is 310 g/mol. The molecule has 4 aromatic rings. The van der Waals surface area contributed by atoms with Crippen molar-refractivity contribution in [3.05, 3.63) is 71.8 Å². The first-order valence-corrected chi connectivity index (χ1v) is 7.63. The first-order chi connectivity index (χ1) is 10.8. The maximum Gasteiger partial charge on any atom is 0.234 e. The van der Waals surface area contributed by atoms with E-state index in [0.29, 0.717) is 22.8 Å². The minimum Gasteiger partial charge on any atom is -0.207 e. The Kier molecular flexibility index (Phi) is 3.16. The molecule has 0 amide bonds. The Morgan fingerprint density at radius 1 is 0.955 bits per heavy atom. The fourth-order valence-corrected chi connectivity index (χ4v) is 3.14. The highest BCUT2D eigenvalue weighted by Crippen LogP contribution is 2.25. The first kappa shape index (κ1) is 13.1. The molecule has 0 aliphatic carbocycles. The molecule has 0 fully saturated rings. The van der Waals surface area contributed by atoms with Gasteiger partial charge < -0.3 is 0 Å². The molecule has 0 aliphatic rings. The molecule has 0 radical (unpaired) electrons. The molecule has 0 bridgehead atoms. The third-order valence-electron chi connectivity index (χ3n) is 3.38. The summed E-state index contributed by atoms with van der Waals surface area (Å²) in [4.78, 5) is 0.713. The monoisotopic (exact) mass is 310 g/mol. The average Bonchev–Trinajstić information content (AvgIpc) is 3.12. The molecule has 2 aromatic carbocycles. The van der Waals surface area contributed by atoms with E-state index in [-0.39, 0.29) is 5.82 Å². The molecule has 22 heavy (non-hydrogen) atoms. The molecule has 0 saturated heterocycles. The lowest BCUT2D eigenvalue weighted by molar-refractivity contribution is 0.611. The second-order valence-electron chi connectivity index (χ2n) is 4.85. The highest BCUT2D eigenvalue weighted by Gasteiger charge is 2.14. The van der Waals surface area contributed by atoms with E-state index in [9.17, 15) is 4.39 Å². The van der Waals surface area contributed by atoms with Crippen LogP contribution in [-0.4, -0.2) is 19.8 Å². The predicted octanol–water partition coefficient (Wildman–Crippen LogP) is 3.58. The second kappa shape index (κ2) is 5.31. The number of nitrogens with zero attached hydrogens (tertiary/aromatic N) is 4. The van der Waals surface area contributed by atoms with Gasteiger partial charge in [-0.05, 0) is 11.6 Å². The first-order valence-electron chi connectivity index (χ1n) is 6.81. The quantitative estimate of drug-likeness (QED) is 0.581. The Morgan fingerprint density at radius 3 is 2.55 bits per heavy atom. The van der Waals surface area contributed by atoms with Crippen molar-refractivity contribution in [1.82, 2.24) is 19.8 Å². The van der Waals surface area contributed by atoms with E-state index in [0.717, 1.165) is 10.6 Å². The molecule has 2 aromatic heterocycles. The lowest BCUT2D eigenvalue weighted by Gasteiger charge is -2.00. The summed E-state index contributed by atoms with van der Waals surface area (Å²) in [6.07, 6.45) is 0.367. The van der Waals surface area contributed by atoms with Crippen LogP contribution >= 0.6 is 11.3 Å². The van der Waals surface area contributed by atoms with Crippen molar-refractivity contribution in [2.24, 2.45) is 0 Å². The van der Waals surface area contributed by atoms with Gasteiger partial charge in [-0.15, -0.1) is 10.2 Å². The van der Waals surface area contributed by atoms with Crippen LogP contribution in [0.2, 0.25) is 0 Å². The van der Waals surface area contributed by atoms with Crippen LogP contribution in [-0.2, 0) is 6.42 Å². The largest absolute Gasteiger partial charge is 0.234 e. The van der Waals surface area contributed by atoms with Gasteiger partial charge in [0, 0.05) is 12.0 Å². The van der Waals surface area contributed by atoms with Crippen LogP contribution in [0.15, 0.2) is 54.6 Å². The van der Waals surface area contributed by atoms with Gasteiger partial charge >= 0.3 is 0 Å². The summed E-state index contributed by atoms with van der Waals surface area (Å²) in [6.45, 7) is 0. The van der Waals surface area contributed by atoms with Crippen LogP contribution < -0.4 is 0 Å². The molecule has 0 unspecified atom stereocenters. The molecule has 4 rings (SSSR count). The number of fused-ring (bicyclic) bond motifs is 1. The smallest absolute Gasteiger partial charge is 0.207 e. The van der Waals surface area contributed by atoms with E-state index in [4.69, 9.17) is 0 Å². The summed E-state index contributed by atoms with van der Waals surface area (Å²) in [7, 11) is 0. The zero-order valence-electron chi connectivity index (χ0n) is 11.5. The molecule has 0 atom stereocenters. The Hall–Kier alpha value is -2.60. The van der Waals surface area contributed by atoms with E-state index in [2.05, 4.69) is 15.3 Å². The Bertz CT molecular complexity index is 930. The normalized spacial score (nSPS) is 11.1. The summed E-state index contributed by atoms with van der Waals surface area (Å²) in [5, 5.41) is 13.7. The Labute approximate surface area is 129 Å². The maximum absolute atomic E-state index is 13.8. The minimum atomic E-state index is -0.238. The van der Waals surface area contributed by atoms with Crippen molar-refractivity contribution in [2.75, 3.05) is 0 Å². The molecule has 6 heteroatoms.